The van der Waals surface area contributed by atoms with E-state index in [-0.39, 0.29) is 17.0 Å². The van der Waals surface area contributed by atoms with E-state index in [1.165, 1.54) is 18.2 Å². The van der Waals surface area contributed by atoms with E-state index in [1.54, 1.807) is 6.07 Å². The van der Waals surface area contributed by atoms with E-state index in [4.69, 9.17) is 5.41 Å². The zero-order chi connectivity index (χ0) is 16.8. The van der Waals surface area contributed by atoms with Crippen LogP contribution in [0.4, 0.5) is 5.69 Å². The molecule has 0 aliphatic heterocycles. The fraction of sp³-hybridized carbons (Fsp3) is 0.0526. The number of carbonyl (C=O) groups excluding carboxylic acids is 1. The maximum absolute atomic E-state index is 13.0. The molecule has 0 heterocycles. The molecule has 0 amide bonds. The van der Waals surface area contributed by atoms with Crippen molar-refractivity contribution in [3.05, 3.63) is 87.5 Å². The maximum Gasteiger partial charge on any atom is 0.280 e. The Hall–Kier alpha value is -3.34. The van der Waals surface area contributed by atoms with Gasteiger partial charge in [-0.25, -0.2) is 0 Å². The van der Waals surface area contributed by atoms with Crippen LogP contribution in [0.1, 0.15) is 27.4 Å². The molecule has 116 valence electrons. The second-order valence-corrected chi connectivity index (χ2v) is 5.74. The van der Waals surface area contributed by atoms with E-state index in [9.17, 15) is 14.9 Å². The van der Waals surface area contributed by atoms with E-state index in [0.29, 0.717) is 0 Å². The molecule has 0 fully saturated rings. The van der Waals surface area contributed by atoms with Crippen LogP contribution in [-0.2, 0) is 0 Å². The summed E-state index contributed by atoms with van der Waals surface area (Å²) in [5.41, 5.74) is 1.49. The lowest BCUT2D eigenvalue weighted by Crippen LogP contribution is -2.19. The van der Waals surface area contributed by atoms with Gasteiger partial charge in [-0.2, -0.15) is 0 Å². The molecule has 1 unspecified atom stereocenters. The van der Waals surface area contributed by atoms with Crippen molar-refractivity contribution < 1.29 is 9.72 Å². The molecule has 0 aromatic heterocycles. The van der Waals surface area contributed by atoms with E-state index in [0.717, 1.165) is 21.9 Å². The number of hydrogen-bond donors (Lipinski definition) is 1. The Balaban J connectivity index is 1.91. The molecule has 1 N–H and O–H groups in total. The molecule has 0 spiro atoms. The van der Waals surface area contributed by atoms with Crippen LogP contribution in [0.3, 0.4) is 0 Å². The van der Waals surface area contributed by atoms with Crippen LogP contribution in [0.2, 0.25) is 0 Å². The van der Waals surface area contributed by atoms with Crippen LogP contribution < -0.4 is 0 Å². The number of benzene rings is 3. The summed E-state index contributed by atoms with van der Waals surface area (Å²) in [6.07, 6.45) is 0. The molecule has 1 aliphatic carbocycles. The van der Waals surface area contributed by atoms with Crippen LogP contribution in [0.25, 0.3) is 10.8 Å². The van der Waals surface area contributed by atoms with Crippen molar-refractivity contribution >= 4 is 28.0 Å². The summed E-state index contributed by atoms with van der Waals surface area (Å²) in [4.78, 5) is 23.7. The first-order valence-corrected chi connectivity index (χ1v) is 7.47. The van der Waals surface area contributed by atoms with Crippen LogP contribution in [0, 0.1) is 15.5 Å². The van der Waals surface area contributed by atoms with Crippen molar-refractivity contribution in [2.75, 3.05) is 0 Å². The molecule has 4 rings (SSSR count). The van der Waals surface area contributed by atoms with Gasteiger partial charge in [-0.15, -0.1) is 0 Å². The van der Waals surface area contributed by atoms with Gasteiger partial charge in [0.1, 0.15) is 0 Å². The van der Waals surface area contributed by atoms with Gasteiger partial charge in [-0.3, -0.25) is 14.9 Å². The van der Waals surface area contributed by atoms with Crippen LogP contribution in [0.5, 0.6) is 0 Å². The fourth-order valence-electron chi connectivity index (χ4n) is 3.42. The molecular weight excluding hydrogens is 304 g/mol. The lowest BCUT2D eigenvalue weighted by atomic mass is 9.89. The first-order chi connectivity index (χ1) is 11.6. The molecule has 5 nitrogen and oxygen atoms in total. The van der Waals surface area contributed by atoms with E-state index < -0.39 is 16.6 Å². The van der Waals surface area contributed by atoms with Crippen molar-refractivity contribution in [3.8, 4) is 0 Å². The number of nitro benzene ring substituents is 1. The quantitative estimate of drug-likeness (QED) is 0.448. The van der Waals surface area contributed by atoms with Gasteiger partial charge in [0.2, 0.25) is 0 Å². The summed E-state index contributed by atoms with van der Waals surface area (Å²) in [6.45, 7) is 0. The van der Waals surface area contributed by atoms with Gasteiger partial charge in [0, 0.05) is 11.6 Å². The molecule has 0 radical (unpaired) electrons. The van der Waals surface area contributed by atoms with Crippen molar-refractivity contribution in [2.45, 2.75) is 5.92 Å². The summed E-state index contributed by atoms with van der Waals surface area (Å²) in [5, 5.41) is 21.5. The summed E-state index contributed by atoms with van der Waals surface area (Å²) < 4.78 is 0. The molecule has 3 aromatic carbocycles. The van der Waals surface area contributed by atoms with Gasteiger partial charge < -0.3 is 5.41 Å². The van der Waals surface area contributed by atoms with Gasteiger partial charge in [0.05, 0.1) is 22.1 Å². The molecule has 0 saturated carbocycles. The highest BCUT2D eigenvalue weighted by molar-refractivity contribution is 6.30. The van der Waals surface area contributed by atoms with Crippen molar-refractivity contribution in [2.24, 2.45) is 0 Å². The van der Waals surface area contributed by atoms with E-state index in [2.05, 4.69) is 0 Å². The number of para-hydroxylation sites is 1. The second-order valence-electron chi connectivity index (χ2n) is 5.74. The van der Waals surface area contributed by atoms with Gasteiger partial charge in [-0.05, 0) is 22.4 Å². The average molecular weight is 316 g/mol. The number of carbonyl (C=O) groups is 1. The molecular formula is C19H12N2O3. The Morgan fingerprint density at radius 1 is 1.00 bits per heavy atom. The normalized spacial score (nSPS) is 15.7. The number of ketones is 1. The minimum Gasteiger partial charge on any atom is -0.304 e. The SMILES string of the molecule is N=C1c2cccc3cccc(c23)C1C(=O)c1ccccc1[N+](=O)[O-]. The predicted octanol–water partition coefficient (Wildman–Crippen LogP) is 4.10. The van der Waals surface area contributed by atoms with Crippen molar-refractivity contribution in [3.63, 3.8) is 0 Å². The topological polar surface area (TPSA) is 84.1 Å². The third-order valence-corrected chi connectivity index (χ3v) is 4.46. The zero-order valence-corrected chi connectivity index (χ0v) is 12.5. The Bertz CT molecular complexity index is 1030. The Labute approximate surface area is 137 Å². The Morgan fingerprint density at radius 2 is 1.71 bits per heavy atom. The molecule has 1 aliphatic rings. The summed E-state index contributed by atoms with van der Waals surface area (Å²) in [5.74, 6) is -1.21. The monoisotopic (exact) mass is 316 g/mol. The second kappa shape index (κ2) is 5.09. The van der Waals surface area contributed by atoms with Gasteiger partial charge in [-0.1, -0.05) is 48.5 Å². The maximum atomic E-state index is 13.0. The number of nitro groups is 1. The predicted molar refractivity (Wildman–Crippen MR) is 90.9 cm³/mol. The Morgan fingerprint density at radius 3 is 2.46 bits per heavy atom. The molecule has 1 atom stereocenters. The average Bonchev–Trinajstić information content (AvgIpc) is 2.89. The number of hydrogen-bond acceptors (Lipinski definition) is 4. The minimum absolute atomic E-state index is 0.0436. The molecule has 3 aromatic rings. The van der Waals surface area contributed by atoms with Gasteiger partial charge in [0.15, 0.2) is 5.78 Å². The highest BCUT2D eigenvalue weighted by Crippen LogP contribution is 2.40. The number of nitrogens with one attached hydrogen (secondary N) is 1. The summed E-state index contributed by atoms with van der Waals surface area (Å²) >= 11 is 0. The largest absolute Gasteiger partial charge is 0.304 e. The highest BCUT2D eigenvalue weighted by atomic mass is 16.6. The third-order valence-electron chi connectivity index (χ3n) is 4.46. The number of nitrogens with zero attached hydrogens (tertiary/aromatic N) is 1. The first kappa shape index (κ1) is 14.3. The molecule has 24 heavy (non-hydrogen) atoms. The lowest BCUT2D eigenvalue weighted by molar-refractivity contribution is -0.385. The number of Topliss-reactive ketones (excluding diaryl/α,β-unsaturated/α-hetero) is 1. The van der Waals surface area contributed by atoms with E-state index in [1.807, 2.05) is 36.4 Å². The highest BCUT2D eigenvalue weighted by Gasteiger charge is 2.37. The fourth-order valence-corrected chi connectivity index (χ4v) is 3.42. The van der Waals surface area contributed by atoms with Crippen LogP contribution >= 0.6 is 0 Å². The number of rotatable bonds is 3. The van der Waals surface area contributed by atoms with Gasteiger partial charge >= 0.3 is 0 Å². The molecule has 0 bridgehead atoms. The van der Waals surface area contributed by atoms with E-state index >= 15 is 0 Å². The van der Waals surface area contributed by atoms with Crippen molar-refractivity contribution in [1.82, 2.24) is 0 Å². The molecule has 5 heteroatoms. The lowest BCUT2D eigenvalue weighted by Gasteiger charge is -2.11. The minimum atomic E-state index is -0.799. The Kier molecular flexibility index (Phi) is 3.03. The smallest absolute Gasteiger partial charge is 0.280 e. The first-order valence-electron chi connectivity index (χ1n) is 7.47. The van der Waals surface area contributed by atoms with Crippen LogP contribution in [-0.4, -0.2) is 16.4 Å². The third kappa shape index (κ3) is 1.88. The summed E-state index contributed by atoms with van der Waals surface area (Å²) in [7, 11) is 0. The summed E-state index contributed by atoms with van der Waals surface area (Å²) in [6, 6.07) is 17.1. The van der Waals surface area contributed by atoms with Crippen LogP contribution in [0.15, 0.2) is 60.7 Å². The molecule has 0 saturated heterocycles. The van der Waals surface area contributed by atoms with Gasteiger partial charge in [0.25, 0.3) is 5.69 Å². The standard InChI is InChI=1S/C19H12N2O3/c20-18-14-9-4-6-11-5-3-8-13(16(11)14)17(18)19(22)12-7-1-2-10-15(12)21(23)24/h1-10,17,20H. The van der Waals surface area contributed by atoms with Crippen molar-refractivity contribution in [1.29, 1.82) is 5.41 Å². The zero-order valence-electron chi connectivity index (χ0n) is 12.5.